The monoisotopic (exact) mass is 436 g/mol. The number of aliphatic imine (C=N–C) groups is 1. The Hall–Kier alpha value is -2.84. The summed E-state index contributed by atoms with van der Waals surface area (Å²) < 4.78 is 0. The second-order valence-corrected chi connectivity index (χ2v) is 9.41. The molecule has 0 spiro atoms. The van der Waals surface area contributed by atoms with Crippen LogP contribution in [0.4, 0.5) is 10.1 Å². The maximum Gasteiger partial charge on any atom is 0.249 e. The third-order valence-electron chi connectivity index (χ3n) is 5.36. The fraction of sp³-hybridized carbons (Fsp3) is 0.273. The van der Waals surface area contributed by atoms with Crippen molar-refractivity contribution in [3.8, 4) is 0 Å². The molecule has 0 atom stereocenters. The first kappa shape index (κ1) is 19.1. The molecule has 0 bridgehead atoms. The molecule has 2 amide bonds. The lowest BCUT2D eigenvalue weighted by Crippen LogP contribution is -2.38. The molecule has 5 rings (SSSR count). The summed E-state index contributed by atoms with van der Waals surface area (Å²) in [7, 11) is 0. The van der Waals surface area contributed by atoms with Crippen LogP contribution in [0.25, 0.3) is 0 Å². The molecule has 30 heavy (non-hydrogen) atoms. The quantitative estimate of drug-likeness (QED) is 0.676. The van der Waals surface area contributed by atoms with E-state index in [0.717, 1.165) is 41.1 Å². The molecular weight excluding hydrogens is 416 g/mol. The summed E-state index contributed by atoms with van der Waals surface area (Å²) in [6.07, 6.45) is 4.76. The number of aryl methyl sites for hydroxylation is 2. The number of aromatic nitrogens is 1. The van der Waals surface area contributed by atoms with Crippen LogP contribution in [0.5, 0.6) is 0 Å². The van der Waals surface area contributed by atoms with Crippen LogP contribution in [-0.2, 0) is 22.4 Å². The average molecular weight is 437 g/mol. The molecule has 0 fully saturated rings. The zero-order valence-corrected chi connectivity index (χ0v) is 18.1. The van der Waals surface area contributed by atoms with Gasteiger partial charge in [-0.1, -0.05) is 29.8 Å². The van der Waals surface area contributed by atoms with Gasteiger partial charge < -0.3 is 5.32 Å². The molecule has 1 N–H and O–H groups in total. The maximum atomic E-state index is 13.0. The molecule has 0 radical (unpaired) electrons. The molecule has 0 saturated heterocycles. The lowest BCUT2D eigenvalue weighted by molar-refractivity contribution is -0.120. The van der Waals surface area contributed by atoms with Crippen molar-refractivity contribution >= 4 is 50.3 Å². The number of fused-ring (bicyclic) bond motifs is 3. The van der Waals surface area contributed by atoms with E-state index in [1.165, 1.54) is 27.3 Å². The number of amides is 2. The summed E-state index contributed by atoms with van der Waals surface area (Å²) in [5.74, 6) is -0.413. The van der Waals surface area contributed by atoms with Crippen molar-refractivity contribution in [1.29, 1.82) is 0 Å². The number of thiophene rings is 1. The van der Waals surface area contributed by atoms with Crippen molar-refractivity contribution in [2.45, 2.75) is 26.2 Å². The van der Waals surface area contributed by atoms with Crippen molar-refractivity contribution in [2.75, 3.05) is 23.3 Å². The van der Waals surface area contributed by atoms with E-state index in [2.05, 4.69) is 41.5 Å². The third kappa shape index (κ3) is 3.46. The zero-order valence-electron chi connectivity index (χ0n) is 16.5. The summed E-state index contributed by atoms with van der Waals surface area (Å²) in [5.41, 5.74) is 5.37. The molecular formula is C22H20N4O2S2. The van der Waals surface area contributed by atoms with Gasteiger partial charge in [0.2, 0.25) is 11.8 Å². The second-order valence-electron chi connectivity index (χ2n) is 7.43. The summed E-state index contributed by atoms with van der Waals surface area (Å²) >= 11 is 2.99. The van der Waals surface area contributed by atoms with Crippen molar-refractivity contribution < 1.29 is 9.59 Å². The van der Waals surface area contributed by atoms with Gasteiger partial charge in [0.05, 0.1) is 5.71 Å². The van der Waals surface area contributed by atoms with Gasteiger partial charge in [-0.05, 0) is 31.7 Å². The minimum absolute atomic E-state index is 0.0317. The number of nitrogens with one attached hydrogen (secondary N) is 1. The topological polar surface area (TPSA) is 74.7 Å². The minimum Gasteiger partial charge on any atom is -0.300 e. The Balaban J connectivity index is 1.54. The van der Waals surface area contributed by atoms with Gasteiger partial charge in [-0.2, -0.15) is 0 Å². The lowest BCUT2D eigenvalue weighted by atomic mass is 9.98. The number of nitrogens with zero attached hydrogens (tertiary/aromatic N) is 3. The van der Waals surface area contributed by atoms with Crippen molar-refractivity contribution in [2.24, 2.45) is 4.99 Å². The van der Waals surface area contributed by atoms with Gasteiger partial charge in [-0.15, -0.1) is 22.7 Å². The predicted octanol–water partition coefficient (Wildman–Crippen LogP) is 3.82. The van der Waals surface area contributed by atoms with Crippen LogP contribution < -0.4 is 10.2 Å². The van der Waals surface area contributed by atoms with Crippen molar-refractivity contribution in [3.05, 3.63) is 63.0 Å². The molecule has 152 valence electrons. The van der Waals surface area contributed by atoms with Crippen molar-refractivity contribution in [1.82, 2.24) is 4.98 Å². The predicted molar refractivity (Wildman–Crippen MR) is 121 cm³/mol. The van der Waals surface area contributed by atoms with Gasteiger partial charge in [0.25, 0.3) is 0 Å². The highest BCUT2D eigenvalue weighted by molar-refractivity contribution is 7.17. The van der Waals surface area contributed by atoms with Crippen LogP contribution in [0.2, 0.25) is 0 Å². The van der Waals surface area contributed by atoms with E-state index in [1.54, 1.807) is 27.8 Å². The van der Waals surface area contributed by atoms with E-state index in [-0.39, 0.29) is 24.9 Å². The molecule has 3 heterocycles. The zero-order chi connectivity index (χ0) is 20.7. The lowest BCUT2D eigenvalue weighted by Gasteiger charge is -2.20. The maximum absolute atomic E-state index is 13.0. The molecule has 0 unspecified atom stereocenters. The number of benzene rings is 1. The van der Waals surface area contributed by atoms with E-state index in [9.17, 15) is 9.59 Å². The molecule has 1 aliphatic heterocycles. The number of hydrogen-bond acceptors (Lipinski definition) is 6. The van der Waals surface area contributed by atoms with Crippen LogP contribution in [0.15, 0.2) is 40.8 Å². The summed E-state index contributed by atoms with van der Waals surface area (Å²) in [5, 5.41) is 5.96. The Kier molecular flexibility index (Phi) is 4.96. The van der Waals surface area contributed by atoms with Crippen LogP contribution in [0.1, 0.15) is 33.6 Å². The fourth-order valence-corrected chi connectivity index (χ4v) is 5.89. The van der Waals surface area contributed by atoms with Gasteiger partial charge in [-0.25, -0.2) is 4.98 Å². The van der Waals surface area contributed by atoms with Gasteiger partial charge >= 0.3 is 0 Å². The molecule has 6 nitrogen and oxygen atoms in total. The van der Waals surface area contributed by atoms with Gasteiger partial charge in [0.1, 0.15) is 18.1 Å². The largest absolute Gasteiger partial charge is 0.300 e. The Morgan fingerprint density at radius 1 is 1.23 bits per heavy atom. The molecule has 2 aromatic heterocycles. The van der Waals surface area contributed by atoms with Gasteiger partial charge in [0, 0.05) is 27.6 Å². The third-order valence-corrected chi connectivity index (χ3v) is 7.37. The van der Waals surface area contributed by atoms with Crippen molar-refractivity contribution in [3.63, 3.8) is 0 Å². The Labute approximate surface area is 182 Å². The van der Waals surface area contributed by atoms with E-state index in [4.69, 9.17) is 4.99 Å². The van der Waals surface area contributed by atoms with Crippen LogP contribution in [0.3, 0.4) is 0 Å². The van der Waals surface area contributed by atoms with E-state index < -0.39 is 0 Å². The average Bonchev–Trinajstić information content (AvgIpc) is 3.44. The number of carbonyl (C=O) groups is 2. The second kappa shape index (κ2) is 7.77. The Morgan fingerprint density at radius 2 is 2.07 bits per heavy atom. The Morgan fingerprint density at radius 3 is 2.83 bits per heavy atom. The Bertz CT molecular complexity index is 1150. The van der Waals surface area contributed by atoms with Gasteiger partial charge in [-0.3, -0.25) is 19.5 Å². The first-order valence-corrected chi connectivity index (χ1v) is 11.6. The van der Waals surface area contributed by atoms with Crippen LogP contribution in [0, 0.1) is 6.92 Å². The number of thiazole rings is 1. The molecule has 3 aromatic rings. The summed E-state index contributed by atoms with van der Waals surface area (Å²) in [6, 6.07) is 8.25. The van der Waals surface area contributed by atoms with Crippen LogP contribution in [-0.4, -0.2) is 35.6 Å². The highest BCUT2D eigenvalue weighted by Gasteiger charge is 2.33. The summed E-state index contributed by atoms with van der Waals surface area (Å²) in [6.45, 7) is 2.05. The van der Waals surface area contributed by atoms with E-state index in [0.29, 0.717) is 5.13 Å². The summed E-state index contributed by atoms with van der Waals surface area (Å²) in [4.78, 5) is 37.4. The van der Waals surface area contributed by atoms with Crippen LogP contribution >= 0.6 is 22.7 Å². The SMILES string of the molecule is Cc1ccc(C2=NCC(=O)N(CC(=O)Nc3nccs3)c3sc4c(c32)CCC4)cc1. The smallest absolute Gasteiger partial charge is 0.249 e. The van der Waals surface area contributed by atoms with E-state index >= 15 is 0 Å². The number of anilines is 2. The fourth-order valence-electron chi connectivity index (χ4n) is 3.94. The molecule has 1 aromatic carbocycles. The highest BCUT2D eigenvalue weighted by atomic mass is 32.1. The molecule has 2 aliphatic rings. The first-order chi connectivity index (χ1) is 14.6. The highest BCUT2D eigenvalue weighted by Crippen LogP contribution is 2.43. The molecule has 1 aliphatic carbocycles. The molecule has 8 heteroatoms. The minimum atomic E-state index is -0.253. The number of rotatable bonds is 4. The van der Waals surface area contributed by atoms with Gasteiger partial charge in [0.15, 0.2) is 5.13 Å². The number of carbonyl (C=O) groups excluding carboxylic acids is 2. The first-order valence-electron chi connectivity index (χ1n) is 9.86. The molecule has 0 saturated carbocycles. The standard InChI is InChI=1S/C22H20N4O2S2/c1-13-5-7-14(8-6-13)20-19-15-3-2-4-16(15)30-21(19)26(18(28)11-24-20)12-17(27)25-22-23-9-10-29-22/h5-10H,2-4,11-12H2,1H3,(H,23,25,27). The number of hydrogen-bond donors (Lipinski definition) is 1. The van der Waals surface area contributed by atoms with E-state index in [1.807, 2.05) is 0 Å². The normalized spacial score (nSPS) is 15.4.